The van der Waals surface area contributed by atoms with Crippen LogP contribution in [0.15, 0.2) is 64.7 Å². The fraction of sp³-hybridized carbons (Fsp3) is 0.100. The van der Waals surface area contributed by atoms with E-state index in [1.807, 2.05) is 18.2 Å². The Morgan fingerprint density at radius 3 is 2.80 bits per heavy atom. The van der Waals surface area contributed by atoms with Crippen molar-refractivity contribution < 1.29 is 9.53 Å². The minimum Gasteiger partial charge on any atom is -0.495 e. The number of carbonyl (C=O) groups is 1. The molecule has 0 saturated heterocycles. The summed E-state index contributed by atoms with van der Waals surface area (Å²) in [6.07, 6.45) is 1.42. The Hall–Kier alpha value is -3.30. The number of amides is 1. The van der Waals surface area contributed by atoms with E-state index in [1.54, 1.807) is 30.3 Å². The highest BCUT2D eigenvalue weighted by atomic mass is 35.5. The Morgan fingerprint density at radius 1 is 1.27 bits per heavy atom. The number of nitrogens with zero attached hydrogens (tertiary/aromatic N) is 3. The quantitative estimate of drug-likeness (QED) is 0.350. The van der Waals surface area contributed by atoms with Gasteiger partial charge in [-0.25, -0.2) is 4.98 Å². The van der Waals surface area contributed by atoms with Gasteiger partial charge in [0.15, 0.2) is 10.8 Å². The summed E-state index contributed by atoms with van der Waals surface area (Å²) >= 11 is 7.38. The number of thioether (sulfide) groups is 1. The van der Waals surface area contributed by atoms with Crippen LogP contribution in [0.3, 0.4) is 0 Å². The molecule has 0 saturated carbocycles. The van der Waals surface area contributed by atoms with E-state index in [0.29, 0.717) is 38.3 Å². The highest BCUT2D eigenvalue weighted by molar-refractivity contribution is 7.99. The van der Waals surface area contributed by atoms with Crippen molar-refractivity contribution in [2.75, 3.05) is 18.2 Å². The number of aromatic nitrogens is 4. The average molecular weight is 442 g/mol. The van der Waals surface area contributed by atoms with Gasteiger partial charge in [0.25, 0.3) is 5.56 Å². The Labute approximate surface area is 180 Å². The SMILES string of the molecule is COc1ccc(-n2c(SCC(=O)Nc3ccccc3)nc3[nH]ncc3c2=O)cc1Cl. The molecule has 10 heteroatoms. The maximum atomic E-state index is 13.1. The summed E-state index contributed by atoms with van der Waals surface area (Å²) in [6.45, 7) is 0. The molecule has 0 unspecified atom stereocenters. The Morgan fingerprint density at radius 2 is 2.07 bits per heavy atom. The summed E-state index contributed by atoms with van der Waals surface area (Å²) in [4.78, 5) is 29.9. The van der Waals surface area contributed by atoms with Crippen LogP contribution >= 0.6 is 23.4 Å². The lowest BCUT2D eigenvalue weighted by atomic mass is 10.3. The first-order valence-electron chi connectivity index (χ1n) is 8.84. The Bertz CT molecular complexity index is 1270. The van der Waals surface area contributed by atoms with Gasteiger partial charge in [-0.1, -0.05) is 41.6 Å². The van der Waals surface area contributed by atoms with Crippen molar-refractivity contribution in [3.05, 3.63) is 70.1 Å². The van der Waals surface area contributed by atoms with Crippen molar-refractivity contribution in [2.45, 2.75) is 5.16 Å². The molecule has 2 aromatic carbocycles. The van der Waals surface area contributed by atoms with Crippen LogP contribution < -0.4 is 15.6 Å². The normalized spacial score (nSPS) is 10.9. The zero-order valence-corrected chi connectivity index (χ0v) is 17.3. The number of para-hydroxylation sites is 1. The van der Waals surface area contributed by atoms with E-state index in [1.165, 1.54) is 17.9 Å². The number of H-pyrrole nitrogens is 1. The lowest BCUT2D eigenvalue weighted by Crippen LogP contribution is -2.22. The number of hydrogen-bond donors (Lipinski definition) is 2. The fourth-order valence-electron chi connectivity index (χ4n) is 2.84. The second-order valence-electron chi connectivity index (χ2n) is 6.19. The van der Waals surface area contributed by atoms with Crippen LogP contribution in [-0.4, -0.2) is 38.5 Å². The molecule has 0 fully saturated rings. The molecule has 0 spiro atoms. The molecule has 8 nitrogen and oxygen atoms in total. The van der Waals surface area contributed by atoms with Gasteiger partial charge in [0.05, 0.1) is 29.8 Å². The molecular formula is C20H16ClN5O3S. The Kier molecular flexibility index (Phi) is 5.73. The number of nitrogens with one attached hydrogen (secondary N) is 2. The first-order chi connectivity index (χ1) is 14.6. The van der Waals surface area contributed by atoms with Gasteiger partial charge in [-0.15, -0.1) is 0 Å². The van der Waals surface area contributed by atoms with E-state index < -0.39 is 0 Å². The van der Waals surface area contributed by atoms with E-state index in [2.05, 4.69) is 20.5 Å². The predicted molar refractivity (Wildman–Crippen MR) is 117 cm³/mol. The minimum absolute atomic E-state index is 0.0604. The van der Waals surface area contributed by atoms with Crippen molar-refractivity contribution in [3.8, 4) is 11.4 Å². The molecule has 0 atom stereocenters. The topological polar surface area (TPSA) is 102 Å². The lowest BCUT2D eigenvalue weighted by molar-refractivity contribution is -0.113. The molecule has 0 aliphatic rings. The molecule has 1 amide bonds. The number of methoxy groups -OCH3 is 1. The number of anilines is 1. The van der Waals surface area contributed by atoms with Gasteiger partial charge >= 0.3 is 0 Å². The van der Waals surface area contributed by atoms with Gasteiger partial charge in [0.2, 0.25) is 5.91 Å². The molecule has 2 heterocycles. The number of halogens is 1. The molecule has 2 N–H and O–H groups in total. The van der Waals surface area contributed by atoms with Gasteiger partial charge in [-0.3, -0.25) is 19.3 Å². The highest BCUT2D eigenvalue weighted by Crippen LogP contribution is 2.28. The van der Waals surface area contributed by atoms with Gasteiger partial charge in [0, 0.05) is 5.69 Å². The molecule has 152 valence electrons. The highest BCUT2D eigenvalue weighted by Gasteiger charge is 2.17. The minimum atomic E-state index is -0.319. The third-order valence-electron chi connectivity index (χ3n) is 4.23. The average Bonchev–Trinajstić information content (AvgIpc) is 3.22. The zero-order chi connectivity index (χ0) is 21.1. The first kappa shape index (κ1) is 20.0. The van der Waals surface area contributed by atoms with E-state index in [9.17, 15) is 9.59 Å². The van der Waals surface area contributed by atoms with Gasteiger partial charge in [-0.2, -0.15) is 5.10 Å². The van der Waals surface area contributed by atoms with Crippen LogP contribution in [0.4, 0.5) is 5.69 Å². The molecular weight excluding hydrogens is 426 g/mol. The molecule has 4 rings (SSSR count). The standard InChI is InChI=1S/C20H16ClN5O3S/c1-29-16-8-7-13(9-15(16)21)26-19(28)14-10-22-25-18(14)24-20(26)30-11-17(27)23-12-5-3-2-4-6-12/h2-10H,11H2,1H3,(H,22,25)(H,23,27). The van der Waals surface area contributed by atoms with Gasteiger partial charge < -0.3 is 10.1 Å². The maximum Gasteiger partial charge on any atom is 0.269 e. The molecule has 0 aliphatic heterocycles. The second-order valence-corrected chi connectivity index (χ2v) is 7.54. The molecule has 2 aromatic heterocycles. The fourth-order valence-corrected chi connectivity index (χ4v) is 3.90. The predicted octanol–water partition coefficient (Wildman–Crippen LogP) is 3.50. The van der Waals surface area contributed by atoms with Crippen molar-refractivity contribution in [1.29, 1.82) is 0 Å². The molecule has 0 radical (unpaired) electrons. The van der Waals surface area contributed by atoms with Crippen molar-refractivity contribution in [3.63, 3.8) is 0 Å². The number of benzene rings is 2. The van der Waals surface area contributed by atoms with Crippen LogP contribution in [0, 0.1) is 0 Å². The van der Waals surface area contributed by atoms with E-state index in [4.69, 9.17) is 16.3 Å². The zero-order valence-electron chi connectivity index (χ0n) is 15.8. The summed E-state index contributed by atoms with van der Waals surface area (Å²) in [5.41, 5.74) is 1.23. The summed E-state index contributed by atoms with van der Waals surface area (Å²) in [6, 6.07) is 14.1. The van der Waals surface area contributed by atoms with Crippen LogP contribution in [-0.2, 0) is 4.79 Å². The molecule has 30 heavy (non-hydrogen) atoms. The van der Waals surface area contributed by atoms with Gasteiger partial charge in [-0.05, 0) is 30.3 Å². The number of ether oxygens (including phenoxy) is 1. The van der Waals surface area contributed by atoms with Crippen LogP contribution in [0.1, 0.15) is 0 Å². The van der Waals surface area contributed by atoms with E-state index >= 15 is 0 Å². The van der Waals surface area contributed by atoms with Crippen molar-refractivity contribution in [2.24, 2.45) is 0 Å². The summed E-state index contributed by atoms with van der Waals surface area (Å²) in [7, 11) is 1.51. The Balaban J connectivity index is 1.68. The number of hydrogen-bond acceptors (Lipinski definition) is 6. The van der Waals surface area contributed by atoms with Crippen LogP contribution in [0.5, 0.6) is 5.75 Å². The molecule has 0 bridgehead atoms. The summed E-state index contributed by atoms with van der Waals surface area (Å²) in [5.74, 6) is 0.330. The number of rotatable bonds is 6. The maximum absolute atomic E-state index is 13.1. The molecule has 4 aromatic rings. The smallest absolute Gasteiger partial charge is 0.269 e. The van der Waals surface area contributed by atoms with E-state index in [-0.39, 0.29) is 17.2 Å². The van der Waals surface area contributed by atoms with Crippen molar-refractivity contribution >= 4 is 46.0 Å². The summed E-state index contributed by atoms with van der Waals surface area (Å²) < 4.78 is 6.59. The first-order valence-corrected chi connectivity index (χ1v) is 10.2. The third kappa shape index (κ3) is 4.03. The van der Waals surface area contributed by atoms with Crippen LogP contribution in [0.2, 0.25) is 5.02 Å². The number of carbonyl (C=O) groups excluding carboxylic acids is 1. The third-order valence-corrected chi connectivity index (χ3v) is 5.47. The van der Waals surface area contributed by atoms with Gasteiger partial charge in [0.1, 0.15) is 11.1 Å². The summed E-state index contributed by atoms with van der Waals surface area (Å²) in [5, 5.41) is 10.4. The van der Waals surface area contributed by atoms with Crippen LogP contribution in [0.25, 0.3) is 16.7 Å². The number of fused-ring (bicyclic) bond motifs is 1. The van der Waals surface area contributed by atoms with E-state index in [0.717, 1.165) is 11.8 Å². The van der Waals surface area contributed by atoms with Crippen molar-refractivity contribution in [1.82, 2.24) is 19.7 Å². The number of aromatic amines is 1. The largest absolute Gasteiger partial charge is 0.495 e. The lowest BCUT2D eigenvalue weighted by Gasteiger charge is -2.13. The second kappa shape index (κ2) is 8.60. The molecule has 0 aliphatic carbocycles. The monoisotopic (exact) mass is 441 g/mol.